The molecule has 0 aliphatic heterocycles. The molecule has 1 amide bonds. The third-order valence-corrected chi connectivity index (χ3v) is 5.07. The summed E-state index contributed by atoms with van der Waals surface area (Å²) in [6.07, 6.45) is 3.09. The summed E-state index contributed by atoms with van der Waals surface area (Å²) in [6, 6.07) is 11.9. The van der Waals surface area contributed by atoms with Gasteiger partial charge in [0.1, 0.15) is 16.4 Å². The predicted octanol–water partition coefficient (Wildman–Crippen LogP) is 4.74. The summed E-state index contributed by atoms with van der Waals surface area (Å²) >= 11 is 7.42. The molecular weight excluding hydrogens is 400 g/mol. The van der Waals surface area contributed by atoms with E-state index in [1.807, 2.05) is 18.2 Å². The molecule has 2 aromatic carbocycles. The number of hydrogen-bond acceptors (Lipinski definition) is 6. The van der Waals surface area contributed by atoms with E-state index < -0.39 is 4.92 Å². The summed E-state index contributed by atoms with van der Waals surface area (Å²) < 4.78 is 0. The van der Waals surface area contributed by atoms with E-state index in [-0.39, 0.29) is 23.0 Å². The molecule has 0 aliphatic rings. The van der Waals surface area contributed by atoms with Crippen LogP contribution in [0.2, 0.25) is 5.02 Å². The number of nitrogens with one attached hydrogen (secondary N) is 1. The Morgan fingerprint density at radius 2 is 1.96 bits per heavy atom. The Balaban J connectivity index is 1.75. The SMILES string of the molecule is Cc1ccc(NC(=O)CSc2nccnc2-c2ccccc2Cl)c([N+](=O)[O-])c1. The van der Waals surface area contributed by atoms with Gasteiger partial charge in [-0.2, -0.15) is 0 Å². The minimum absolute atomic E-state index is 0.0151. The lowest BCUT2D eigenvalue weighted by atomic mass is 10.2. The van der Waals surface area contributed by atoms with E-state index in [0.717, 1.165) is 5.56 Å². The van der Waals surface area contributed by atoms with Gasteiger partial charge in [-0.15, -0.1) is 0 Å². The van der Waals surface area contributed by atoms with E-state index in [2.05, 4.69) is 15.3 Å². The number of carbonyl (C=O) groups excluding carboxylic acids is 1. The number of halogens is 1. The third kappa shape index (κ3) is 4.65. The number of thioether (sulfide) groups is 1. The monoisotopic (exact) mass is 414 g/mol. The molecule has 28 heavy (non-hydrogen) atoms. The highest BCUT2D eigenvalue weighted by Crippen LogP contribution is 2.32. The van der Waals surface area contributed by atoms with Crippen molar-refractivity contribution in [2.75, 3.05) is 11.1 Å². The number of aryl methyl sites for hydroxylation is 1. The molecule has 9 heteroatoms. The van der Waals surface area contributed by atoms with Crippen LogP contribution in [-0.2, 0) is 4.79 Å². The number of nitro groups is 1. The van der Waals surface area contributed by atoms with Crippen LogP contribution in [0.15, 0.2) is 59.9 Å². The molecule has 3 aromatic rings. The average Bonchev–Trinajstić information content (AvgIpc) is 2.68. The lowest BCUT2D eigenvalue weighted by molar-refractivity contribution is -0.384. The molecule has 0 saturated heterocycles. The largest absolute Gasteiger partial charge is 0.320 e. The number of hydrogen-bond donors (Lipinski definition) is 1. The van der Waals surface area contributed by atoms with Crippen molar-refractivity contribution < 1.29 is 9.72 Å². The van der Waals surface area contributed by atoms with E-state index in [9.17, 15) is 14.9 Å². The summed E-state index contributed by atoms with van der Waals surface area (Å²) in [7, 11) is 0. The van der Waals surface area contributed by atoms with Crippen LogP contribution in [0.5, 0.6) is 0 Å². The highest BCUT2D eigenvalue weighted by molar-refractivity contribution is 8.00. The van der Waals surface area contributed by atoms with E-state index >= 15 is 0 Å². The molecule has 0 spiro atoms. The van der Waals surface area contributed by atoms with E-state index in [0.29, 0.717) is 21.3 Å². The van der Waals surface area contributed by atoms with Crippen LogP contribution < -0.4 is 5.32 Å². The lowest BCUT2D eigenvalue weighted by Gasteiger charge is -2.09. The van der Waals surface area contributed by atoms with Gasteiger partial charge in [0.15, 0.2) is 0 Å². The summed E-state index contributed by atoms with van der Waals surface area (Å²) in [5, 5.41) is 14.8. The zero-order valence-corrected chi connectivity index (χ0v) is 16.3. The van der Waals surface area contributed by atoms with E-state index in [1.165, 1.54) is 30.1 Å². The van der Waals surface area contributed by atoms with Crippen LogP contribution in [0.1, 0.15) is 5.56 Å². The molecule has 142 valence electrons. The first-order chi connectivity index (χ1) is 13.5. The average molecular weight is 415 g/mol. The van der Waals surface area contributed by atoms with Crippen LogP contribution in [0.4, 0.5) is 11.4 Å². The first-order valence-electron chi connectivity index (χ1n) is 8.19. The highest BCUT2D eigenvalue weighted by Gasteiger charge is 2.17. The Morgan fingerprint density at radius 3 is 2.71 bits per heavy atom. The Morgan fingerprint density at radius 1 is 1.21 bits per heavy atom. The quantitative estimate of drug-likeness (QED) is 0.355. The zero-order valence-electron chi connectivity index (χ0n) is 14.8. The smallest absolute Gasteiger partial charge is 0.293 e. The normalized spacial score (nSPS) is 10.5. The van der Waals surface area contributed by atoms with Gasteiger partial charge in [-0.1, -0.05) is 47.6 Å². The maximum atomic E-state index is 12.3. The predicted molar refractivity (Wildman–Crippen MR) is 110 cm³/mol. The number of rotatable bonds is 6. The standard InChI is InChI=1S/C19H15ClN4O3S/c1-12-6-7-15(16(10-12)24(26)27)23-17(25)11-28-19-18(21-8-9-22-19)13-4-2-3-5-14(13)20/h2-10H,11H2,1H3,(H,23,25). The number of amides is 1. The molecule has 0 unspecified atom stereocenters. The number of carbonyl (C=O) groups is 1. The first kappa shape index (κ1) is 19.8. The first-order valence-corrected chi connectivity index (χ1v) is 9.55. The van der Waals surface area contributed by atoms with Crippen LogP contribution in [0.25, 0.3) is 11.3 Å². The van der Waals surface area contributed by atoms with Gasteiger partial charge in [0, 0.05) is 24.0 Å². The fraction of sp³-hybridized carbons (Fsp3) is 0.105. The van der Waals surface area contributed by atoms with Gasteiger partial charge in [-0.25, -0.2) is 4.98 Å². The van der Waals surface area contributed by atoms with Crippen molar-refractivity contribution in [1.29, 1.82) is 0 Å². The van der Waals surface area contributed by atoms with Crippen molar-refractivity contribution in [2.45, 2.75) is 11.9 Å². The number of nitro benzene ring substituents is 1. The van der Waals surface area contributed by atoms with Crippen LogP contribution in [-0.4, -0.2) is 26.6 Å². The fourth-order valence-electron chi connectivity index (χ4n) is 2.49. The molecular formula is C19H15ClN4O3S. The lowest BCUT2D eigenvalue weighted by Crippen LogP contribution is -2.15. The Bertz CT molecular complexity index is 1050. The molecule has 1 N–H and O–H groups in total. The minimum Gasteiger partial charge on any atom is -0.320 e. The second-order valence-corrected chi connectivity index (χ2v) is 7.18. The van der Waals surface area contributed by atoms with Crippen molar-refractivity contribution in [2.24, 2.45) is 0 Å². The van der Waals surface area contributed by atoms with Gasteiger partial charge in [-0.05, 0) is 24.6 Å². The van der Waals surface area contributed by atoms with Gasteiger partial charge >= 0.3 is 0 Å². The topological polar surface area (TPSA) is 98.0 Å². The molecule has 0 fully saturated rings. The van der Waals surface area contributed by atoms with Crippen LogP contribution in [0, 0.1) is 17.0 Å². The number of anilines is 1. The molecule has 0 radical (unpaired) electrons. The number of benzene rings is 2. The van der Waals surface area contributed by atoms with Gasteiger partial charge in [-0.3, -0.25) is 19.9 Å². The van der Waals surface area contributed by atoms with Crippen molar-refractivity contribution in [3.05, 3.63) is 75.6 Å². The molecule has 3 rings (SSSR count). The Kier molecular flexibility index (Phi) is 6.23. The molecule has 0 bridgehead atoms. The molecule has 0 aliphatic carbocycles. The maximum absolute atomic E-state index is 12.3. The van der Waals surface area contributed by atoms with E-state index in [4.69, 9.17) is 11.6 Å². The Labute approximate surface area is 170 Å². The third-order valence-electron chi connectivity index (χ3n) is 3.76. The maximum Gasteiger partial charge on any atom is 0.293 e. The molecule has 1 aromatic heterocycles. The van der Waals surface area contributed by atoms with Gasteiger partial charge in [0.2, 0.25) is 5.91 Å². The Hall–Kier alpha value is -2.97. The summed E-state index contributed by atoms with van der Waals surface area (Å²) in [5.41, 5.74) is 2.05. The van der Waals surface area contributed by atoms with Gasteiger partial charge < -0.3 is 5.32 Å². The number of nitrogens with zero attached hydrogens (tertiary/aromatic N) is 3. The molecule has 0 atom stereocenters. The summed E-state index contributed by atoms with van der Waals surface area (Å²) in [5.74, 6) is -0.367. The van der Waals surface area contributed by atoms with E-state index in [1.54, 1.807) is 25.3 Å². The van der Waals surface area contributed by atoms with Crippen LogP contribution in [0.3, 0.4) is 0 Å². The van der Waals surface area contributed by atoms with Crippen molar-refractivity contribution in [3.8, 4) is 11.3 Å². The van der Waals surface area contributed by atoms with Crippen LogP contribution >= 0.6 is 23.4 Å². The molecule has 1 heterocycles. The second kappa shape index (κ2) is 8.81. The fourth-order valence-corrected chi connectivity index (χ4v) is 3.49. The van der Waals surface area contributed by atoms with Crippen molar-refractivity contribution >= 4 is 40.6 Å². The number of aromatic nitrogens is 2. The zero-order chi connectivity index (χ0) is 20.1. The van der Waals surface area contributed by atoms with Gasteiger partial charge in [0.25, 0.3) is 5.69 Å². The molecule has 7 nitrogen and oxygen atoms in total. The van der Waals surface area contributed by atoms with Gasteiger partial charge in [0.05, 0.1) is 15.7 Å². The molecule has 0 saturated carbocycles. The second-order valence-electron chi connectivity index (χ2n) is 5.80. The highest BCUT2D eigenvalue weighted by atomic mass is 35.5. The minimum atomic E-state index is -0.520. The van der Waals surface area contributed by atoms with Crippen molar-refractivity contribution in [3.63, 3.8) is 0 Å². The summed E-state index contributed by atoms with van der Waals surface area (Å²) in [4.78, 5) is 31.6. The van der Waals surface area contributed by atoms with Crippen molar-refractivity contribution in [1.82, 2.24) is 9.97 Å². The summed E-state index contributed by atoms with van der Waals surface area (Å²) in [6.45, 7) is 1.75.